The second kappa shape index (κ2) is 6.73. The lowest BCUT2D eigenvalue weighted by molar-refractivity contribution is 0.125. The lowest BCUT2D eigenvalue weighted by Crippen LogP contribution is -2.35. The van der Waals surface area contributed by atoms with Crippen LogP contribution in [0.2, 0.25) is 5.02 Å². The minimum Gasteiger partial charge on any atom is -0.396 e. The summed E-state index contributed by atoms with van der Waals surface area (Å²) in [5.74, 6) is 0.481. The number of aryl methyl sites for hydroxylation is 2. The van der Waals surface area contributed by atoms with Crippen LogP contribution in [0.5, 0.6) is 0 Å². The van der Waals surface area contributed by atoms with E-state index in [9.17, 15) is 5.11 Å². The van der Waals surface area contributed by atoms with Gasteiger partial charge in [0, 0.05) is 19.7 Å². The van der Waals surface area contributed by atoms with E-state index in [0.717, 1.165) is 61.9 Å². The van der Waals surface area contributed by atoms with Gasteiger partial charge in [0.1, 0.15) is 0 Å². The highest BCUT2D eigenvalue weighted by Gasteiger charge is 2.22. The zero-order valence-corrected chi connectivity index (χ0v) is 12.7. The van der Waals surface area contributed by atoms with E-state index in [-0.39, 0.29) is 0 Å². The first-order valence-corrected chi connectivity index (χ1v) is 7.64. The van der Waals surface area contributed by atoms with Gasteiger partial charge >= 0.3 is 0 Å². The number of aliphatic hydroxyl groups is 1. The molecule has 0 aliphatic carbocycles. The summed E-state index contributed by atoms with van der Waals surface area (Å²) in [5, 5.41) is 14.6. The molecule has 0 bridgehead atoms. The second-order valence-corrected chi connectivity index (χ2v) is 5.66. The fourth-order valence-corrected chi connectivity index (χ4v) is 3.04. The minimum absolute atomic E-state index is 0.321. The molecule has 0 atom stereocenters. The van der Waals surface area contributed by atoms with Crippen molar-refractivity contribution in [3.63, 3.8) is 0 Å². The maximum absolute atomic E-state index is 9.17. The van der Waals surface area contributed by atoms with Crippen LogP contribution in [0, 0.1) is 5.92 Å². The molecule has 1 N–H and O–H groups in total. The molecular weight excluding hydrogens is 262 g/mol. The van der Waals surface area contributed by atoms with Gasteiger partial charge in [0.15, 0.2) is 0 Å². The number of aliphatic hydroxyl groups excluding tert-OH is 1. The van der Waals surface area contributed by atoms with Gasteiger partial charge < -0.3 is 5.11 Å². The summed E-state index contributed by atoms with van der Waals surface area (Å²) in [7, 11) is 0. The van der Waals surface area contributed by atoms with Crippen LogP contribution < -0.4 is 0 Å². The Morgan fingerprint density at radius 1 is 1.32 bits per heavy atom. The van der Waals surface area contributed by atoms with Crippen LogP contribution in [-0.2, 0) is 19.5 Å². The predicted octanol–water partition coefficient (Wildman–Crippen LogP) is 2.32. The van der Waals surface area contributed by atoms with Gasteiger partial charge in [-0.05, 0) is 45.2 Å². The standard InChI is InChI=1S/C14H24ClN3O/c1-3-12-14(15)13(18(4-2)16-12)9-17-7-5-11(10-19)6-8-17/h11,19H,3-10H2,1-2H3. The van der Waals surface area contributed by atoms with E-state index < -0.39 is 0 Å². The normalized spacial score (nSPS) is 18.1. The Balaban J connectivity index is 2.05. The van der Waals surface area contributed by atoms with Crippen molar-refractivity contribution >= 4 is 11.6 Å². The Morgan fingerprint density at radius 2 is 2.00 bits per heavy atom. The number of halogens is 1. The molecule has 0 amide bonds. The lowest BCUT2D eigenvalue weighted by Gasteiger charge is -2.31. The molecule has 1 fully saturated rings. The minimum atomic E-state index is 0.321. The maximum atomic E-state index is 9.17. The summed E-state index contributed by atoms with van der Waals surface area (Å²) >= 11 is 6.43. The van der Waals surface area contributed by atoms with Gasteiger partial charge in [0.2, 0.25) is 0 Å². The average Bonchev–Trinajstić information content (AvgIpc) is 2.76. The topological polar surface area (TPSA) is 41.3 Å². The highest BCUT2D eigenvalue weighted by molar-refractivity contribution is 6.31. The van der Waals surface area contributed by atoms with Crippen LogP contribution in [0.3, 0.4) is 0 Å². The molecule has 2 rings (SSSR count). The number of hydrogen-bond donors (Lipinski definition) is 1. The third-order valence-corrected chi connectivity index (χ3v) is 4.47. The molecular formula is C14H24ClN3O. The maximum Gasteiger partial charge on any atom is 0.0863 e. The zero-order valence-electron chi connectivity index (χ0n) is 11.9. The van der Waals surface area contributed by atoms with Crippen molar-refractivity contribution in [2.24, 2.45) is 5.92 Å². The van der Waals surface area contributed by atoms with Gasteiger partial charge in [-0.15, -0.1) is 0 Å². The molecule has 5 heteroatoms. The van der Waals surface area contributed by atoms with E-state index in [2.05, 4.69) is 23.8 Å². The molecule has 1 aromatic rings. The Hall–Kier alpha value is -0.580. The van der Waals surface area contributed by atoms with Crippen molar-refractivity contribution in [2.45, 2.75) is 46.2 Å². The highest BCUT2D eigenvalue weighted by Crippen LogP contribution is 2.25. The van der Waals surface area contributed by atoms with Crippen molar-refractivity contribution in [3.05, 3.63) is 16.4 Å². The number of rotatable bonds is 5. The largest absolute Gasteiger partial charge is 0.396 e. The second-order valence-electron chi connectivity index (χ2n) is 5.28. The van der Waals surface area contributed by atoms with Crippen LogP contribution in [0.1, 0.15) is 38.1 Å². The van der Waals surface area contributed by atoms with Gasteiger partial charge in [0.25, 0.3) is 0 Å². The average molecular weight is 286 g/mol. The summed E-state index contributed by atoms with van der Waals surface area (Å²) in [6, 6.07) is 0. The van der Waals surface area contributed by atoms with Crippen molar-refractivity contribution in [3.8, 4) is 0 Å². The van der Waals surface area contributed by atoms with E-state index in [0.29, 0.717) is 12.5 Å². The molecule has 108 valence electrons. The molecule has 0 spiro atoms. The van der Waals surface area contributed by atoms with E-state index in [1.165, 1.54) is 0 Å². The molecule has 1 aliphatic rings. The van der Waals surface area contributed by atoms with Gasteiger partial charge in [-0.25, -0.2) is 0 Å². The van der Waals surface area contributed by atoms with Gasteiger partial charge in [-0.2, -0.15) is 5.10 Å². The summed E-state index contributed by atoms with van der Waals surface area (Å²) in [4.78, 5) is 2.42. The fraction of sp³-hybridized carbons (Fsp3) is 0.786. The molecule has 1 aromatic heterocycles. The third kappa shape index (κ3) is 3.30. The Bertz CT molecular complexity index is 411. The van der Waals surface area contributed by atoms with E-state index >= 15 is 0 Å². The fourth-order valence-electron chi connectivity index (χ4n) is 2.71. The van der Waals surface area contributed by atoms with Crippen molar-refractivity contribution in [2.75, 3.05) is 19.7 Å². The Kier molecular flexibility index (Phi) is 5.25. The predicted molar refractivity (Wildman–Crippen MR) is 77.4 cm³/mol. The molecule has 2 heterocycles. The molecule has 0 unspecified atom stereocenters. The van der Waals surface area contributed by atoms with E-state index in [1.54, 1.807) is 0 Å². The quantitative estimate of drug-likeness (QED) is 0.903. The molecule has 4 nitrogen and oxygen atoms in total. The number of nitrogens with zero attached hydrogens (tertiary/aromatic N) is 3. The summed E-state index contributed by atoms with van der Waals surface area (Å²) in [6.45, 7) is 8.33. The first kappa shape index (κ1) is 14.8. The first-order chi connectivity index (χ1) is 9.19. The summed E-state index contributed by atoms with van der Waals surface area (Å²) in [6.07, 6.45) is 3.04. The molecule has 19 heavy (non-hydrogen) atoms. The lowest BCUT2D eigenvalue weighted by atomic mass is 9.98. The van der Waals surface area contributed by atoms with Crippen LogP contribution in [0.4, 0.5) is 0 Å². The molecule has 0 saturated carbocycles. The van der Waals surface area contributed by atoms with Gasteiger partial charge in [-0.1, -0.05) is 18.5 Å². The van der Waals surface area contributed by atoms with Gasteiger partial charge in [0.05, 0.1) is 16.4 Å². The number of aromatic nitrogens is 2. The third-order valence-electron chi connectivity index (χ3n) is 4.03. The monoisotopic (exact) mass is 285 g/mol. The molecule has 0 radical (unpaired) electrons. The van der Waals surface area contributed by atoms with Crippen LogP contribution in [0.25, 0.3) is 0 Å². The molecule has 0 aromatic carbocycles. The number of piperidine rings is 1. The number of hydrogen-bond acceptors (Lipinski definition) is 3. The zero-order chi connectivity index (χ0) is 13.8. The van der Waals surface area contributed by atoms with Crippen molar-refractivity contribution < 1.29 is 5.11 Å². The SMILES string of the molecule is CCc1nn(CC)c(CN2CCC(CO)CC2)c1Cl. The Labute approximate surface area is 120 Å². The van der Waals surface area contributed by atoms with E-state index in [1.807, 2.05) is 4.68 Å². The Morgan fingerprint density at radius 3 is 2.53 bits per heavy atom. The van der Waals surface area contributed by atoms with Gasteiger partial charge in [-0.3, -0.25) is 9.58 Å². The summed E-state index contributed by atoms with van der Waals surface area (Å²) in [5.41, 5.74) is 2.15. The van der Waals surface area contributed by atoms with Crippen molar-refractivity contribution in [1.82, 2.24) is 14.7 Å². The first-order valence-electron chi connectivity index (χ1n) is 7.26. The molecule has 1 aliphatic heterocycles. The molecule has 1 saturated heterocycles. The summed E-state index contributed by atoms with van der Waals surface area (Å²) < 4.78 is 2.03. The van der Waals surface area contributed by atoms with E-state index in [4.69, 9.17) is 11.6 Å². The van der Waals surface area contributed by atoms with Crippen LogP contribution in [-0.4, -0.2) is 39.5 Å². The highest BCUT2D eigenvalue weighted by atomic mass is 35.5. The smallest absolute Gasteiger partial charge is 0.0863 e. The van der Waals surface area contributed by atoms with Crippen LogP contribution in [0.15, 0.2) is 0 Å². The van der Waals surface area contributed by atoms with Crippen LogP contribution >= 0.6 is 11.6 Å². The number of likely N-dealkylation sites (tertiary alicyclic amines) is 1. The van der Waals surface area contributed by atoms with Crippen molar-refractivity contribution in [1.29, 1.82) is 0 Å².